The van der Waals surface area contributed by atoms with Crippen LogP contribution in [0.1, 0.15) is 17.7 Å². The summed E-state index contributed by atoms with van der Waals surface area (Å²) < 4.78 is 14.3. The molecule has 0 aliphatic rings. The molecule has 0 unspecified atom stereocenters. The molecule has 0 radical (unpaired) electrons. The Morgan fingerprint density at radius 2 is 2.16 bits per heavy atom. The van der Waals surface area contributed by atoms with Gasteiger partial charge in [0.1, 0.15) is 11.6 Å². The molecule has 0 amide bonds. The molecule has 2 aromatic rings. The van der Waals surface area contributed by atoms with E-state index in [2.05, 4.69) is 31.2 Å². The van der Waals surface area contributed by atoms with E-state index in [0.717, 1.165) is 34.5 Å². The van der Waals surface area contributed by atoms with Gasteiger partial charge in [-0.15, -0.1) is 0 Å². The number of anilines is 1. The largest absolute Gasteiger partial charge is 0.369 e. The second kappa shape index (κ2) is 6.61. The van der Waals surface area contributed by atoms with Crippen LogP contribution in [-0.4, -0.2) is 16.5 Å². The zero-order valence-electron chi connectivity index (χ0n) is 10.7. The van der Waals surface area contributed by atoms with E-state index in [-0.39, 0.29) is 5.82 Å². The average Bonchev–Trinajstić information content (AvgIpc) is 2.37. The highest BCUT2D eigenvalue weighted by Crippen LogP contribution is 2.16. The summed E-state index contributed by atoms with van der Waals surface area (Å²) in [6, 6.07) is 5.17. The Kier molecular flexibility index (Phi) is 4.85. The second-order valence-electron chi connectivity index (χ2n) is 4.31. The van der Waals surface area contributed by atoms with Gasteiger partial charge in [-0.1, -0.05) is 22.0 Å². The van der Waals surface area contributed by atoms with Crippen LogP contribution in [0.25, 0.3) is 0 Å². The van der Waals surface area contributed by atoms with Crippen LogP contribution < -0.4 is 5.32 Å². The summed E-state index contributed by atoms with van der Waals surface area (Å²) in [5, 5.41) is 3.18. The topological polar surface area (TPSA) is 37.8 Å². The van der Waals surface area contributed by atoms with Crippen molar-refractivity contribution < 1.29 is 4.39 Å². The van der Waals surface area contributed by atoms with Crippen molar-refractivity contribution in [3.63, 3.8) is 0 Å². The lowest BCUT2D eigenvalue weighted by Crippen LogP contribution is -2.06. The summed E-state index contributed by atoms with van der Waals surface area (Å²) in [7, 11) is 0. The molecule has 1 aromatic heterocycles. The van der Waals surface area contributed by atoms with E-state index in [0.29, 0.717) is 6.42 Å². The Morgan fingerprint density at radius 1 is 1.32 bits per heavy atom. The van der Waals surface area contributed by atoms with Crippen molar-refractivity contribution in [2.45, 2.75) is 19.8 Å². The first-order valence-corrected chi connectivity index (χ1v) is 6.91. The Balaban J connectivity index is 1.81. The molecular weight excluding hydrogens is 309 g/mol. The van der Waals surface area contributed by atoms with E-state index in [9.17, 15) is 4.39 Å². The van der Waals surface area contributed by atoms with Crippen LogP contribution in [0.2, 0.25) is 0 Å². The van der Waals surface area contributed by atoms with Crippen molar-refractivity contribution in [3.05, 3.63) is 52.1 Å². The number of nitrogens with one attached hydrogen (secondary N) is 1. The Morgan fingerprint density at radius 3 is 2.89 bits per heavy atom. The molecule has 2 rings (SSSR count). The quantitative estimate of drug-likeness (QED) is 0.852. The molecular formula is C14H15BrFN3. The normalized spacial score (nSPS) is 10.5. The lowest BCUT2D eigenvalue weighted by molar-refractivity contribution is 0.605. The molecule has 0 atom stereocenters. The third-order valence-electron chi connectivity index (χ3n) is 2.70. The van der Waals surface area contributed by atoms with Gasteiger partial charge in [-0.25, -0.2) is 9.37 Å². The van der Waals surface area contributed by atoms with Crippen molar-refractivity contribution >= 4 is 21.7 Å². The van der Waals surface area contributed by atoms with E-state index in [1.165, 1.54) is 6.07 Å². The van der Waals surface area contributed by atoms with Gasteiger partial charge in [0.15, 0.2) is 0 Å². The van der Waals surface area contributed by atoms with Crippen molar-refractivity contribution in [3.8, 4) is 0 Å². The van der Waals surface area contributed by atoms with Crippen LogP contribution in [0.4, 0.5) is 10.2 Å². The Hall–Kier alpha value is -1.49. The lowest BCUT2D eigenvalue weighted by Gasteiger charge is -2.06. The van der Waals surface area contributed by atoms with Gasteiger partial charge in [0.2, 0.25) is 0 Å². The minimum absolute atomic E-state index is 0.162. The first-order valence-electron chi connectivity index (χ1n) is 6.11. The molecule has 100 valence electrons. The molecule has 1 aromatic carbocycles. The smallest absolute Gasteiger partial charge is 0.144 e. The van der Waals surface area contributed by atoms with Crippen LogP contribution in [-0.2, 0) is 6.42 Å². The highest BCUT2D eigenvalue weighted by molar-refractivity contribution is 9.10. The number of benzene rings is 1. The molecule has 1 N–H and O–H groups in total. The van der Waals surface area contributed by atoms with Gasteiger partial charge in [-0.05, 0) is 37.5 Å². The van der Waals surface area contributed by atoms with Gasteiger partial charge in [-0.3, -0.25) is 4.98 Å². The average molecular weight is 324 g/mol. The van der Waals surface area contributed by atoms with Gasteiger partial charge in [-0.2, -0.15) is 0 Å². The van der Waals surface area contributed by atoms with Crippen molar-refractivity contribution in [2.24, 2.45) is 0 Å². The van der Waals surface area contributed by atoms with Gasteiger partial charge in [0.05, 0.1) is 11.9 Å². The summed E-state index contributed by atoms with van der Waals surface area (Å²) in [5.41, 5.74) is 1.62. The maximum Gasteiger partial charge on any atom is 0.144 e. The summed E-state index contributed by atoms with van der Waals surface area (Å²) in [6.07, 6.45) is 4.94. The molecule has 1 heterocycles. The monoisotopic (exact) mass is 323 g/mol. The minimum Gasteiger partial charge on any atom is -0.369 e. The highest BCUT2D eigenvalue weighted by Gasteiger charge is 2.02. The Labute approximate surface area is 120 Å². The van der Waals surface area contributed by atoms with Crippen molar-refractivity contribution in [1.82, 2.24) is 9.97 Å². The van der Waals surface area contributed by atoms with E-state index < -0.39 is 0 Å². The second-order valence-corrected chi connectivity index (χ2v) is 5.23. The predicted octanol–water partition coefficient (Wildman–Crippen LogP) is 3.73. The molecule has 0 aliphatic carbocycles. The molecule has 0 aliphatic heterocycles. The SMILES string of the molecule is Cc1cncc(NCCCc2ccc(Br)cc2F)n1. The predicted molar refractivity (Wildman–Crippen MR) is 77.7 cm³/mol. The number of nitrogens with zero attached hydrogens (tertiary/aromatic N) is 2. The van der Waals surface area contributed by atoms with Gasteiger partial charge in [0, 0.05) is 17.2 Å². The first kappa shape index (κ1) is 13.9. The van der Waals surface area contributed by atoms with Gasteiger partial charge < -0.3 is 5.32 Å². The fourth-order valence-electron chi connectivity index (χ4n) is 1.77. The third kappa shape index (κ3) is 4.28. The van der Waals surface area contributed by atoms with E-state index in [1.807, 2.05) is 19.1 Å². The van der Waals surface area contributed by atoms with Gasteiger partial charge in [0.25, 0.3) is 0 Å². The number of halogens is 2. The highest BCUT2D eigenvalue weighted by atomic mass is 79.9. The number of aryl methyl sites for hydroxylation is 2. The first-order chi connectivity index (χ1) is 9.15. The third-order valence-corrected chi connectivity index (χ3v) is 3.19. The van der Waals surface area contributed by atoms with Crippen LogP contribution >= 0.6 is 15.9 Å². The zero-order chi connectivity index (χ0) is 13.7. The zero-order valence-corrected chi connectivity index (χ0v) is 12.2. The Bertz CT molecular complexity index is 560. The molecule has 3 nitrogen and oxygen atoms in total. The summed E-state index contributed by atoms with van der Waals surface area (Å²) in [4.78, 5) is 8.35. The molecule has 0 bridgehead atoms. The van der Waals surface area contributed by atoms with Crippen LogP contribution in [0.5, 0.6) is 0 Å². The van der Waals surface area contributed by atoms with Crippen molar-refractivity contribution in [2.75, 3.05) is 11.9 Å². The van der Waals surface area contributed by atoms with Crippen LogP contribution in [0, 0.1) is 12.7 Å². The molecule has 0 saturated heterocycles. The van der Waals surface area contributed by atoms with Crippen LogP contribution in [0.3, 0.4) is 0 Å². The maximum absolute atomic E-state index is 13.6. The fraction of sp³-hybridized carbons (Fsp3) is 0.286. The molecule has 5 heteroatoms. The van der Waals surface area contributed by atoms with Crippen LogP contribution in [0.15, 0.2) is 35.1 Å². The number of hydrogen-bond acceptors (Lipinski definition) is 3. The maximum atomic E-state index is 13.6. The minimum atomic E-state index is -0.162. The molecule has 0 fully saturated rings. The number of aromatic nitrogens is 2. The molecule has 0 spiro atoms. The number of rotatable bonds is 5. The van der Waals surface area contributed by atoms with Gasteiger partial charge >= 0.3 is 0 Å². The summed E-state index contributed by atoms with van der Waals surface area (Å²) >= 11 is 3.25. The van der Waals surface area contributed by atoms with Crippen molar-refractivity contribution in [1.29, 1.82) is 0 Å². The lowest BCUT2D eigenvalue weighted by atomic mass is 10.1. The van der Waals surface area contributed by atoms with E-state index >= 15 is 0 Å². The molecule has 0 saturated carbocycles. The number of hydrogen-bond donors (Lipinski definition) is 1. The fourth-order valence-corrected chi connectivity index (χ4v) is 2.10. The van der Waals surface area contributed by atoms with E-state index in [1.54, 1.807) is 12.4 Å². The standard InChI is InChI=1S/C14H15BrFN3/c1-10-8-17-9-14(19-10)18-6-2-3-11-4-5-12(15)7-13(11)16/h4-5,7-9H,2-3,6H2,1H3,(H,18,19). The van der Waals surface area contributed by atoms with E-state index in [4.69, 9.17) is 0 Å². The molecule has 19 heavy (non-hydrogen) atoms. The summed E-state index contributed by atoms with van der Waals surface area (Å²) in [5.74, 6) is 0.598. The summed E-state index contributed by atoms with van der Waals surface area (Å²) in [6.45, 7) is 2.64.